The third kappa shape index (κ3) is 3.83. The molecule has 4 nitrogen and oxygen atoms in total. The van der Waals surface area contributed by atoms with Crippen LogP contribution in [0.15, 0.2) is 71.3 Å². The molecule has 0 saturated heterocycles. The summed E-state index contributed by atoms with van der Waals surface area (Å²) in [5, 5.41) is 0. The molecule has 3 aromatic rings. The molecule has 7 heteroatoms. The average Bonchev–Trinajstić information content (AvgIpc) is 3.28. The van der Waals surface area contributed by atoms with Crippen LogP contribution in [0.4, 0.5) is 18.9 Å². The van der Waals surface area contributed by atoms with E-state index in [1.807, 2.05) is 18.2 Å². The lowest BCUT2D eigenvalue weighted by Gasteiger charge is -2.42. The molecule has 0 spiro atoms. The molecule has 0 radical (unpaired) electrons. The lowest BCUT2D eigenvalue weighted by Crippen LogP contribution is -2.45. The molecule has 166 valence electrons. The maximum Gasteiger partial charge on any atom is 0.418 e. The van der Waals surface area contributed by atoms with E-state index in [9.17, 15) is 22.8 Å². The van der Waals surface area contributed by atoms with E-state index in [0.29, 0.717) is 12.0 Å². The third-order valence-electron chi connectivity index (χ3n) is 6.00. The van der Waals surface area contributed by atoms with Crippen LogP contribution in [0.25, 0.3) is 0 Å². The van der Waals surface area contributed by atoms with Crippen LogP contribution in [0.3, 0.4) is 0 Å². The summed E-state index contributed by atoms with van der Waals surface area (Å²) >= 11 is 0. The molecule has 2 aromatic carbocycles. The highest BCUT2D eigenvalue weighted by atomic mass is 19.4. The SMILES string of the molecule is CC(=O)C(c1ccccc1)C1CC(C)N(C(=O)c2ccco2)c2c1cccc2C(F)(F)F. The van der Waals surface area contributed by atoms with Gasteiger partial charge in [-0.05, 0) is 49.6 Å². The zero-order valence-electron chi connectivity index (χ0n) is 17.6. The van der Waals surface area contributed by atoms with E-state index in [2.05, 4.69) is 0 Å². The largest absolute Gasteiger partial charge is 0.459 e. The van der Waals surface area contributed by atoms with Gasteiger partial charge in [0.15, 0.2) is 5.76 Å². The van der Waals surface area contributed by atoms with E-state index in [1.165, 1.54) is 31.4 Å². The number of para-hydroxylation sites is 1. The Kier molecular flexibility index (Phi) is 5.67. The van der Waals surface area contributed by atoms with E-state index >= 15 is 0 Å². The van der Waals surface area contributed by atoms with Gasteiger partial charge < -0.3 is 9.32 Å². The smallest absolute Gasteiger partial charge is 0.418 e. The lowest BCUT2D eigenvalue weighted by atomic mass is 9.72. The van der Waals surface area contributed by atoms with Crippen LogP contribution in [-0.4, -0.2) is 17.7 Å². The number of carbonyl (C=O) groups excluding carboxylic acids is 2. The summed E-state index contributed by atoms with van der Waals surface area (Å²) in [5.41, 5.74) is -0.0255. The Morgan fingerprint density at radius 3 is 2.34 bits per heavy atom. The first-order valence-electron chi connectivity index (χ1n) is 10.3. The normalized spacial score (nSPS) is 19.3. The number of nitrogens with zero attached hydrogens (tertiary/aromatic N) is 1. The summed E-state index contributed by atoms with van der Waals surface area (Å²) in [5.74, 6) is -1.95. The zero-order valence-corrected chi connectivity index (χ0v) is 17.6. The number of amides is 1. The van der Waals surface area contributed by atoms with Crippen molar-refractivity contribution in [3.8, 4) is 0 Å². The highest BCUT2D eigenvalue weighted by Crippen LogP contribution is 2.50. The first-order valence-corrected chi connectivity index (χ1v) is 10.3. The van der Waals surface area contributed by atoms with Gasteiger partial charge in [-0.1, -0.05) is 42.5 Å². The average molecular weight is 441 g/mol. The molecule has 2 heterocycles. The number of furan rings is 1. The van der Waals surface area contributed by atoms with Crippen LogP contribution >= 0.6 is 0 Å². The Bertz CT molecular complexity index is 1120. The summed E-state index contributed by atoms with van der Waals surface area (Å²) < 4.78 is 47.4. The van der Waals surface area contributed by atoms with Crippen molar-refractivity contribution in [3.63, 3.8) is 0 Å². The van der Waals surface area contributed by atoms with E-state index in [-0.39, 0.29) is 17.2 Å². The lowest BCUT2D eigenvalue weighted by molar-refractivity contribution is -0.137. The third-order valence-corrected chi connectivity index (χ3v) is 6.00. The second-order valence-corrected chi connectivity index (χ2v) is 8.08. The number of alkyl halides is 3. The quantitative estimate of drug-likeness (QED) is 0.485. The van der Waals surface area contributed by atoms with Crippen molar-refractivity contribution in [1.82, 2.24) is 0 Å². The summed E-state index contributed by atoms with van der Waals surface area (Å²) in [6.45, 7) is 3.15. The molecular formula is C25H22F3NO3. The van der Waals surface area contributed by atoms with Crippen LogP contribution < -0.4 is 4.90 Å². The van der Waals surface area contributed by atoms with Gasteiger partial charge in [-0.15, -0.1) is 0 Å². The fourth-order valence-corrected chi connectivity index (χ4v) is 4.73. The van der Waals surface area contributed by atoms with Gasteiger partial charge in [0.2, 0.25) is 0 Å². The summed E-state index contributed by atoms with van der Waals surface area (Å²) in [4.78, 5) is 27.1. The van der Waals surface area contributed by atoms with Crippen LogP contribution in [0.1, 0.15) is 59.3 Å². The molecule has 4 rings (SSSR count). The predicted molar refractivity (Wildman–Crippen MR) is 114 cm³/mol. The van der Waals surface area contributed by atoms with Crippen molar-refractivity contribution in [2.45, 2.75) is 44.3 Å². The van der Waals surface area contributed by atoms with Crippen molar-refractivity contribution >= 4 is 17.4 Å². The van der Waals surface area contributed by atoms with Gasteiger partial charge >= 0.3 is 6.18 Å². The second-order valence-electron chi connectivity index (χ2n) is 8.08. The minimum absolute atomic E-state index is 0.0376. The number of halogens is 3. The van der Waals surface area contributed by atoms with Crippen LogP contribution in [-0.2, 0) is 11.0 Å². The molecule has 3 unspecified atom stereocenters. The summed E-state index contributed by atoms with van der Waals surface area (Å²) in [6.07, 6.45) is -3.03. The molecule has 1 amide bonds. The fourth-order valence-electron chi connectivity index (χ4n) is 4.73. The maximum atomic E-state index is 14.1. The molecule has 1 aromatic heterocycles. The number of carbonyl (C=O) groups is 2. The Morgan fingerprint density at radius 1 is 1.03 bits per heavy atom. The van der Waals surface area contributed by atoms with E-state index in [4.69, 9.17) is 4.42 Å². The van der Waals surface area contributed by atoms with Crippen LogP contribution in [0.2, 0.25) is 0 Å². The monoisotopic (exact) mass is 441 g/mol. The minimum atomic E-state index is -4.67. The van der Waals surface area contributed by atoms with Crippen molar-refractivity contribution < 1.29 is 27.2 Å². The molecule has 1 aliphatic rings. The maximum absolute atomic E-state index is 14.1. The van der Waals surface area contributed by atoms with Crippen molar-refractivity contribution in [2.24, 2.45) is 0 Å². The molecule has 32 heavy (non-hydrogen) atoms. The first-order chi connectivity index (χ1) is 15.2. The van der Waals surface area contributed by atoms with Gasteiger partial charge in [0.05, 0.1) is 17.5 Å². The molecule has 0 saturated carbocycles. The zero-order chi connectivity index (χ0) is 23.0. The van der Waals surface area contributed by atoms with E-state index < -0.39 is 35.5 Å². The van der Waals surface area contributed by atoms with Gasteiger partial charge in [0.25, 0.3) is 5.91 Å². The Hall–Kier alpha value is -3.35. The molecule has 1 aliphatic heterocycles. The molecule has 3 atom stereocenters. The Labute approximate surface area is 183 Å². The highest BCUT2D eigenvalue weighted by Gasteiger charge is 2.45. The molecule has 0 N–H and O–H groups in total. The fraction of sp³-hybridized carbons (Fsp3) is 0.280. The predicted octanol–water partition coefficient (Wildman–Crippen LogP) is 6.19. The molecule has 0 bridgehead atoms. The van der Waals surface area contributed by atoms with Crippen LogP contribution in [0.5, 0.6) is 0 Å². The highest BCUT2D eigenvalue weighted by molar-refractivity contribution is 6.06. The van der Waals surface area contributed by atoms with Gasteiger partial charge in [0.1, 0.15) is 5.78 Å². The van der Waals surface area contributed by atoms with Gasteiger partial charge in [0, 0.05) is 17.9 Å². The molecule has 0 fully saturated rings. The number of benzene rings is 2. The number of ketones is 1. The standard InChI is InChI=1S/C25H22F3NO3/c1-15-14-19(22(16(2)30)17-8-4-3-5-9-17)18-10-6-11-20(25(26,27)28)23(18)29(15)24(31)21-12-7-13-32-21/h3-13,15,19,22H,14H2,1-2H3. The van der Waals surface area contributed by atoms with Crippen molar-refractivity contribution in [3.05, 3.63) is 89.4 Å². The van der Waals surface area contributed by atoms with Gasteiger partial charge in [-0.3, -0.25) is 9.59 Å². The van der Waals surface area contributed by atoms with E-state index in [1.54, 1.807) is 25.1 Å². The number of hydrogen-bond acceptors (Lipinski definition) is 3. The summed E-state index contributed by atoms with van der Waals surface area (Å²) in [6, 6.07) is 15.3. The topological polar surface area (TPSA) is 50.5 Å². The van der Waals surface area contributed by atoms with Gasteiger partial charge in [-0.25, -0.2) is 0 Å². The molecule has 0 aliphatic carbocycles. The molecular weight excluding hydrogens is 419 g/mol. The number of rotatable bonds is 4. The minimum Gasteiger partial charge on any atom is -0.459 e. The van der Waals surface area contributed by atoms with Crippen molar-refractivity contribution in [2.75, 3.05) is 4.90 Å². The van der Waals surface area contributed by atoms with E-state index in [0.717, 1.165) is 16.5 Å². The van der Waals surface area contributed by atoms with Crippen molar-refractivity contribution in [1.29, 1.82) is 0 Å². The van der Waals surface area contributed by atoms with Crippen LogP contribution in [0, 0.1) is 0 Å². The Morgan fingerprint density at radius 2 is 1.75 bits per heavy atom. The first kappa shape index (κ1) is 21.9. The summed E-state index contributed by atoms with van der Waals surface area (Å²) in [7, 11) is 0. The second kappa shape index (κ2) is 8.30. The number of Topliss-reactive ketones (excluding diaryl/α,β-unsaturated/α-hetero) is 1. The number of anilines is 1. The Balaban J connectivity index is 1.93. The van der Waals surface area contributed by atoms with Gasteiger partial charge in [-0.2, -0.15) is 13.2 Å². The number of fused-ring (bicyclic) bond motifs is 1. The number of hydrogen-bond donors (Lipinski definition) is 0.